The van der Waals surface area contributed by atoms with Crippen LogP contribution in [0.1, 0.15) is 26.7 Å². The number of amides is 1. The largest absolute Gasteiger partial charge is 0.358 e. The Morgan fingerprint density at radius 2 is 1.93 bits per heavy atom. The summed E-state index contributed by atoms with van der Waals surface area (Å²) in [4.78, 5) is 13.7. The van der Waals surface area contributed by atoms with Crippen LogP contribution in [-0.4, -0.2) is 49.6 Å². The summed E-state index contributed by atoms with van der Waals surface area (Å²) in [7, 11) is 1.67. The van der Waals surface area contributed by atoms with Crippen LogP contribution in [0.4, 0.5) is 0 Å². The molecule has 4 heteroatoms. The number of carbonyl (C=O) groups excluding carboxylic acids is 1. The molecular formula is C11H23N3O. The molecule has 4 nitrogen and oxygen atoms in total. The Hall–Kier alpha value is -0.610. The van der Waals surface area contributed by atoms with E-state index in [9.17, 15) is 4.79 Å². The minimum atomic E-state index is -0.0972. The van der Waals surface area contributed by atoms with Gasteiger partial charge in [-0.15, -0.1) is 0 Å². The van der Waals surface area contributed by atoms with Gasteiger partial charge in [-0.1, -0.05) is 0 Å². The number of hydrogen-bond donors (Lipinski definition) is 2. The Bertz CT molecular complexity index is 202. The molecule has 0 aromatic carbocycles. The van der Waals surface area contributed by atoms with Gasteiger partial charge in [0.25, 0.3) is 0 Å². The van der Waals surface area contributed by atoms with E-state index in [1.807, 2.05) is 6.92 Å². The van der Waals surface area contributed by atoms with Gasteiger partial charge >= 0.3 is 0 Å². The van der Waals surface area contributed by atoms with Crippen molar-refractivity contribution >= 4 is 5.91 Å². The molecule has 2 unspecified atom stereocenters. The summed E-state index contributed by atoms with van der Waals surface area (Å²) >= 11 is 0. The molecule has 0 radical (unpaired) electrons. The minimum Gasteiger partial charge on any atom is -0.358 e. The van der Waals surface area contributed by atoms with Crippen LogP contribution in [0, 0.1) is 0 Å². The van der Waals surface area contributed by atoms with Gasteiger partial charge in [-0.3, -0.25) is 9.69 Å². The molecule has 0 spiro atoms. The van der Waals surface area contributed by atoms with Crippen LogP contribution >= 0.6 is 0 Å². The molecule has 1 amide bonds. The van der Waals surface area contributed by atoms with Crippen LogP contribution in [0.25, 0.3) is 0 Å². The van der Waals surface area contributed by atoms with Crippen molar-refractivity contribution in [2.75, 3.05) is 26.7 Å². The summed E-state index contributed by atoms with van der Waals surface area (Å²) in [5.41, 5.74) is 0. The first-order valence-electron chi connectivity index (χ1n) is 5.84. The number of hydrogen-bond acceptors (Lipinski definition) is 3. The van der Waals surface area contributed by atoms with Crippen LogP contribution in [-0.2, 0) is 4.79 Å². The molecule has 0 saturated carbocycles. The maximum atomic E-state index is 11.3. The number of nitrogens with one attached hydrogen (secondary N) is 2. The highest BCUT2D eigenvalue weighted by atomic mass is 16.2. The smallest absolute Gasteiger partial charge is 0.236 e. The summed E-state index contributed by atoms with van der Waals surface area (Å²) in [6, 6.07) is 0.430. The van der Waals surface area contributed by atoms with Crippen molar-refractivity contribution < 1.29 is 4.79 Å². The molecule has 2 N–H and O–H groups in total. The Labute approximate surface area is 92.4 Å². The molecule has 1 saturated heterocycles. The first kappa shape index (κ1) is 12.5. The van der Waals surface area contributed by atoms with Gasteiger partial charge < -0.3 is 10.6 Å². The Balaban J connectivity index is 2.20. The molecule has 0 bridgehead atoms. The van der Waals surface area contributed by atoms with Crippen molar-refractivity contribution in [2.24, 2.45) is 0 Å². The first-order valence-corrected chi connectivity index (χ1v) is 5.84. The van der Waals surface area contributed by atoms with Crippen molar-refractivity contribution in [1.29, 1.82) is 0 Å². The molecule has 15 heavy (non-hydrogen) atoms. The monoisotopic (exact) mass is 213 g/mol. The summed E-state index contributed by atoms with van der Waals surface area (Å²) < 4.78 is 0. The van der Waals surface area contributed by atoms with Crippen molar-refractivity contribution in [2.45, 2.75) is 38.8 Å². The average molecular weight is 213 g/mol. The molecule has 1 aliphatic rings. The highest BCUT2D eigenvalue weighted by Gasteiger charge is 2.19. The van der Waals surface area contributed by atoms with Crippen molar-refractivity contribution in [3.8, 4) is 0 Å². The normalized spacial score (nSPS) is 21.3. The topological polar surface area (TPSA) is 44.4 Å². The van der Waals surface area contributed by atoms with E-state index in [0.717, 1.165) is 6.54 Å². The van der Waals surface area contributed by atoms with Crippen LogP contribution in [0.2, 0.25) is 0 Å². The third-order valence-corrected chi connectivity index (χ3v) is 3.12. The molecule has 1 aliphatic heterocycles. The number of nitrogens with zero attached hydrogens (tertiary/aromatic N) is 1. The van der Waals surface area contributed by atoms with Crippen LogP contribution in [0.5, 0.6) is 0 Å². The van der Waals surface area contributed by atoms with Gasteiger partial charge in [0.2, 0.25) is 5.91 Å². The van der Waals surface area contributed by atoms with Crippen LogP contribution in [0.15, 0.2) is 0 Å². The second kappa shape index (κ2) is 6.08. The molecule has 88 valence electrons. The third-order valence-electron chi connectivity index (χ3n) is 3.12. The zero-order valence-electron chi connectivity index (χ0n) is 10.0. The molecule has 2 atom stereocenters. The maximum Gasteiger partial charge on any atom is 0.236 e. The van der Waals surface area contributed by atoms with Gasteiger partial charge in [0.1, 0.15) is 0 Å². The van der Waals surface area contributed by atoms with Gasteiger partial charge in [-0.25, -0.2) is 0 Å². The van der Waals surface area contributed by atoms with E-state index in [1.165, 1.54) is 25.9 Å². The third kappa shape index (κ3) is 3.80. The van der Waals surface area contributed by atoms with E-state index in [1.54, 1.807) is 7.05 Å². The molecule has 1 heterocycles. The van der Waals surface area contributed by atoms with E-state index < -0.39 is 0 Å². The average Bonchev–Trinajstić information content (AvgIpc) is 2.77. The van der Waals surface area contributed by atoms with Gasteiger partial charge in [0.15, 0.2) is 0 Å². The number of likely N-dealkylation sites (N-methyl/N-ethyl adjacent to an activating group) is 1. The molecule has 1 fully saturated rings. The zero-order chi connectivity index (χ0) is 11.3. The molecular weight excluding hydrogens is 190 g/mol. The quantitative estimate of drug-likeness (QED) is 0.685. The summed E-state index contributed by atoms with van der Waals surface area (Å²) in [5, 5.41) is 5.90. The summed E-state index contributed by atoms with van der Waals surface area (Å²) in [6.07, 6.45) is 2.63. The van der Waals surface area contributed by atoms with Gasteiger partial charge in [0, 0.05) is 19.6 Å². The lowest BCUT2D eigenvalue weighted by atomic mass is 10.2. The van der Waals surface area contributed by atoms with E-state index in [4.69, 9.17) is 0 Å². The molecule has 0 aromatic heterocycles. The fraction of sp³-hybridized carbons (Fsp3) is 0.909. The minimum absolute atomic E-state index is 0.0589. The predicted octanol–water partition coefficient (Wildman–Crippen LogP) is 0.195. The van der Waals surface area contributed by atoms with E-state index in [-0.39, 0.29) is 11.9 Å². The van der Waals surface area contributed by atoms with Gasteiger partial charge in [0.05, 0.1) is 6.04 Å². The number of carbonyl (C=O) groups is 1. The van der Waals surface area contributed by atoms with Crippen molar-refractivity contribution in [3.63, 3.8) is 0 Å². The number of rotatable bonds is 5. The van der Waals surface area contributed by atoms with Crippen LogP contribution in [0.3, 0.4) is 0 Å². The maximum absolute atomic E-state index is 11.3. The highest BCUT2D eigenvalue weighted by Crippen LogP contribution is 2.10. The molecule has 1 rings (SSSR count). The fourth-order valence-corrected chi connectivity index (χ4v) is 1.97. The Morgan fingerprint density at radius 1 is 1.33 bits per heavy atom. The summed E-state index contributed by atoms with van der Waals surface area (Å²) in [6.45, 7) is 7.41. The lowest BCUT2D eigenvalue weighted by Gasteiger charge is -2.25. The predicted molar refractivity (Wildman–Crippen MR) is 61.8 cm³/mol. The summed E-state index contributed by atoms with van der Waals surface area (Å²) in [5.74, 6) is 0.0589. The van der Waals surface area contributed by atoms with Gasteiger partial charge in [-0.2, -0.15) is 0 Å². The zero-order valence-corrected chi connectivity index (χ0v) is 10.0. The van der Waals surface area contributed by atoms with Crippen molar-refractivity contribution in [1.82, 2.24) is 15.5 Å². The highest BCUT2D eigenvalue weighted by molar-refractivity contribution is 5.80. The van der Waals surface area contributed by atoms with Gasteiger partial charge in [-0.05, 0) is 39.8 Å². The SMILES string of the molecule is CNC(=O)C(C)NCC(C)N1CCCC1. The van der Waals surface area contributed by atoms with Crippen LogP contribution < -0.4 is 10.6 Å². The lowest BCUT2D eigenvalue weighted by molar-refractivity contribution is -0.122. The molecule has 0 aliphatic carbocycles. The van der Waals surface area contributed by atoms with Crippen molar-refractivity contribution in [3.05, 3.63) is 0 Å². The molecule has 0 aromatic rings. The first-order chi connectivity index (χ1) is 7.15. The fourth-order valence-electron chi connectivity index (χ4n) is 1.97. The number of likely N-dealkylation sites (tertiary alicyclic amines) is 1. The van der Waals surface area contributed by atoms with E-state index in [0.29, 0.717) is 6.04 Å². The standard InChI is InChI=1S/C11H23N3O/c1-9(14-6-4-5-7-14)8-13-10(2)11(15)12-3/h9-10,13H,4-8H2,1-3H3,(H,12,15). The lowest BCUT2D eigenvalue weighted by Crippen LogP contribution is -2.46. The Morgan fingerprint density at radius 3 is 2.47 bits per heavy atom. The van der Waals surface area contributed by atoms with E-state index in [2.05, 4.69) is 22.5 Å². The Kier molecular flexibility index (Phi) is 5.05. The second-order valence-electron chi connectivity index (χ2n) is 4.34. The second-order valence-corrected chi connectivity index (χ2v) is 4.34. The van der Waals surface area contributed by atoms with E-state index >= 15 is 0 Å².